The molecule has 3 N–H and O–H groups in total. The highest BCUT2D eigenvalue weighted by Gasteiger charge is 2.13. The van der Waals surface area contributed by atoms with Crippen LogP contribution in [0, 0.1) is 5.82 Å². The molecule has 0 aromatic heterocycles. The summed E-state index contributed by atoms with van der Waals surface area (Å²) >= 11 is 3.06. The SMILES string of the molecule is CC(N)c1c(F)ccc(O)c1Br. The van der Waals surface area contributed by atoms with Crippen LogP contribution in [-0.2, 0) is 0 Å². The first-order valence-corrected chi connectivity index (χ1v) is 4.25. The van der Waals surface area contributed by atoms with E-state index in [9.17, 15) is 9.50 Å². The lowest BCUT2D eigenvalue weighted by atomic mass is 10.1. The van der Waals surface area contributed by atoms with Gasteiger partial charge in [-0.2, -0.15) is 0 Å². The average molecular weight is 234 g/mol. The third-order valence-corrected chi connectivity index (χ3v) is 2.39. The van der Waals surface area contributed by atoms with E-state index >= 15 is 0 Å². The molecule has 4 heteroatoms. The lowest BCUT2D eigenvalue weighted by molar-refractivity contribution is 0.466. The quantitative estimate of drug-likeness (QED) is 0.783. The number of benzene rings is 1. The van der Waals surface area contributed by atoms with E-state index in [2.05, 4.69) is 15.9 Å². The van der Waals surface area contributed by atoms with Crippen LogP contribution in [0.15, 0.2) is 16.6 Å². The molecule has 1 aromatic carbocycles. The lowest BCUT2D eigenvalue weighted by Gasteiger charge is -2.10. The molecule has 0 radical (unpaired) electrons. The van der Waals surface area contributed by atoms with Gasteiger partial charge in [0.1, 0.15) is 11.6 Å². The van der Waals surface area contributed by atoms with Crippen LogP contribution in [0.1, 0.15) is 18.5 Å². The van der Waals surface area contributed by atoms with Crippen LogP contribution in [0.25, 0.3) is 0 Å². The third kappa shape index (κ3) is 1.59. The van der Waals surface area contributed by atoms with Gasteiger partial charge in [0.05, 0.1) is 4.47 Å². The molecule has 0 bridgehead atoms. The summed E-state index contributed by atoms with van der Waals surface area (Å²) in [5.74, 6) is -0.404. The molecule has 0 aliphatic rings. The summed E-state index contributed by atoms with van der Waals surface area (Å²) in [6.07, 6.45) is 0. The minimum atomic E-state index is -0.438. The predicted molar refractivity (Wildman–Crippen MR) is 48.4 cm³/mol. The molecule has 0 aliphatic carbocycles. The Kier molecular flexibility index (Phi) is 2.69. The summed E-state index contributed by atoms with van der Waals surface area (Å²) in [4.78, 5) is 0. The van der Waals surface area contributed by atoms with E-state index < -0.39 is 11.9 Å². The Bertz CT molecular complexity index is 301. The van der Waals surface area contributed by atoms with Crippen LogP contribution in [0.4, 0.5) is 4.39 Å². The summed E-state index contributed by atoms with van der Waals surface area (Å²) in [6, 6.07) is 2.04. The van der Waals surface area contributed by atoms with Crippen molar-refractivity contribution in [3.8, 4) is 5.75 Å². The molecule has 2 nitrogen and oxygen atoms in total. The molecule has 1 unspecified atom stereocenters. The fourth-order valence-electron chi connectivity index (χ4n) is 0.975. The molecular formula is C8H9BrFNO. The number of nitrogens with two attached hydrogens (primary N) is 1. The second-order valence-electron chi connectivity index (χ2n) is 2.58. The largest absolute Gasteiger partial charge is 0.507 e. The van der Waals surface area contributed by atoms with Crippen molar-refractivity contribution in [3.05, 3.63) is 28.0 Å². The van der Waals surface area contributed by atoms with E-state index in [4.69, 9.17) is 5.73 Å². The van der Waals surface area contributed by atoms with Crippen LogP contribution in [0.5, 0.6) is 5.75 Å². The van der Waals surface area contributed by atoms with Gasteiger partial charge in [0.15, 0.2) is 0 Å². The lowest BCUT2D eigenvalue weighted by Crippen LogP contribution is -2.08. The normalized spacial score (nSPS) is 13.0. The van der Waals surface area contributed by atoms with Gasteiger partial charge >= 0.3 is 0 Å². The van der Waals surface area contributed by atoms with Crippen LogP contribution >= 0.6 is 15.9 Å². The maximum Gasteiger partial charge on any atom is 0.130 e. The molecule has 1 atom stereocenters. The minimum Gasteiger partial charge on any atom is -0.507 e. The highest BCUT2D eigenvalue weighted by atomic mass is 79.9. The van der Waals surface area contributed by atoms with Crippen LogP contribution in [0.3, 0.4) is 0 Å². The average Bonchev–Trinajstić information content (AvgIpc) is 1.97. The highest BCUT2D eigenvalue weighted by molar-refractivity contribution is 9.10. The number of rotatable bonds is 1. The van der Waals surface area contributed by atoms with E-state index in [1.54, 1.807) is 6.92 Å². The number of aromatic hydroxyl groups is 1. The predicted octanol–water partition coefficient (Wildman–Crippen LogP) is 2.31. The van der Waals surface area contributed by atoms with Gasteiger partial charge in [-0.25, -0.2) is 4.39 Å². The van der Waals surface area contributed by atoms with Gasteiger partial charge in [-0.15, -0.1) is 0 Å². The fraction of sp³-hybridized carbons (Fsp3) is 0.250. The molecule has 0 heterocycles. The van der Waals surface area contributed by atoms with Gasteiger partial charge in [-0.05, 0) is 35.0 Å². The van der Waals surface area contributed by atoms with Crippen molar-refractivity contribution < 1.29 is 9.50 Å². The Morgan fingerprint density at radius 1 is 1.58 bits per heavy atom. The summed E-state index contributed by atoms with van der Waals surface area (Å²) in [5, 5.41) is 9.20. The van der Waals surface area contributed by atoms with Gasteiger partial charge in [-0.3, -0.25) is 0 Å². The smallest absolute Gasteiger partial charge is 0.130 e. The van der Waals surface area contributed by atoms with Crippen molar-refractivity contribution in [2.75, 3.05) is 0 Å². The molecule has 0 spiro atoms. The zero-order valence-corrected chi connectivity index (χ0v) is 8.10. The Morgan fingerprint density at radius 2 is 2.17 bits per heavy atom. The number of phenolic OH excluding ortho intramolecular Hbond substituents is 1. The van der Waals surface area contributed by atoms with Crippen molar-refractivity contribution in [2.24, 2.45) is 5.73 Å². The zero-order chi connectivity index (χ0) is 9.30. The molecule has 0 aliphatic heterocycles. The van der Waals surface area contributed by atoms with Crippen molar-refractivity contribution in [1.82, 2.24) is 0 Å². The van der Waals surface area contributed by atoms with E-state index in [-0.39, 0.29) is 5.75 Å². The van der Waals surface area contributed by atoms with E-state index in [1.807, 2.05) is 0 Å². The number of hydrogen-bond donors (Lipinski definition) is 2. The van der Waals surface area contributed by atoms with Gasteiger partial charge in [0.25, 0.3) is 0 Å². The minimum absolute atomic E-state index is 0.00343. The molecule has 1 aromatic rings. The molecule has 0 amide bonds. The number of hydrogen-bond acceptors (Lipinski definition) is 2. The van der Waals surface area contributed by atoms with Crippen molar-refractivity contribution in [1.29, 1.82) is 0 Å². The van der Waals surface area contributed by atoms with Crippen LogP contribution < -0.4 is 5.73 Å². The summed E-state index contributed by atoms with van der Waals surface area (Å²) in [6.45, 7) is 1.66. The molecular weight excluding hydrogens is 225 g/mol. The van der Waals surface area contributed by atoms with Gasteiger partial charge in [0, 0.05) is 11.6 Å². The maximum absolute atomic E-state index is 13.1. The second-order valence-corrected chi connectivity index (χ2v) is 3.38. The standard InChI is InChI=1S/C8H9BrFNO/c1-4(11)7-5(10)2-3-6(12)8(7)9/h2-4,12H,11H2,1H3. The van der Waals surface area contributed by atoms with Crippen molar-refractivity contribution in [3.63, 3.8) is 0 Å². The topological polar surface area (TPSA) is 46.2 Å². The second kappa shape index (κ2) is 3.41. The molecule has 12 heavy (non-hydrogen) atoms. The Labute approximate surface area is 78.3 Å². The Morgan fingerprint density at radius 3 is 2.58 bits per heavy atom. The zero-order valence-electron chi connectivity index (χ0n) is 6.51. The first-order chi connectivity index (χ1) is 5.54. The molecule has 1 rings (SSSR count). The van der Waals surface area contributed by atoms with Crippen LogP contribution in [0.2, 0.25) is 0 Å². The highest BCUT2D eigenvalue weighted by Crippen LogP contribution is 2.32. The summed E-state index contributed by atoms with van der Waals surface area (Å²) < 4.78 is 13.4. The Hall–Kier alpha value is -0.610. The summed E-state index contributed by atoms with van der Waals surface area (Å²) in [5.41, 5.74) is 5.80. The van der Waals surface area contributed by atoms with E-state index in [1.165, 1.54) is 12.1 Å². The van der Waals surface area contributed by atoms with Crippen LogP contribution in [-0.4, -0.2) is 5.11 Å². The molecule has 0 saturated carbocycles. The van der Waals surface area contributed by atoms with E-state index in [0.717, 1.165) is 0 Å². The molecule has 66 valence electrons. The van der Waals surface area contributed by atoms with Gasteiger partial charge in [0.2, 0.25) is 0 Å². The first kappa shape index (κ1) is 9.48. The van der Waals surface area contributed by atoms with Crippen molar-refractivity contribution in [2.45, 2.75) is 13.0 Å². The van der Waals surface area contributed by atoms with E-state index in [0.29, 0.717) is 10.0 Å². The monoisotopic (exact) mass is 233 g/mol. The number of phenols is 1. The molecule has 0 fully saturated rings. The third-order valence-electron chi connectivity index (χ3n) is 1.56. The summed E-state index contributed by atoms with van der Waals surface area (Å²) in [7, 11) is 0. The maximum atomic E-state index is 13.1. The fourth-order valence-corrected chi connectivity index (χ4v) is 1.66. The number of halogens is 2. The first-order valence-electron chi connectivity index (χ1n) is 3.46. The molecule has 0 saturated heterocycles. The Balaban J connectivity index is 3.33. The van der Waals surface area contributed by atoms with Crippen molar-refractivity contribution >= 4 is 15.9 Å². The van der Waals surface area contributed by atoms with Gasteiger partial charge < -0.3 is 10.8 Å². The van der Waals surface area contributed by atoms with Gasteiger partial charge in [-0.1, -0.05) is 0 Å².